The van der Waals surface area contributed by atoms with Crippen LogP contribution in [-0.2, 0) is 21.4 Å². The molecule has 0 aromatic heterocycles. The Morgan fingerprint density at radius 2 is 1.45 bits per heavy atom. The fourth-order valence-electron chi connectivity index (χ4n) is 2.93. The van der Waals surface area contributed by atoms with Gasteiger partial charge in [-0.3, -0.25) is 4.79 Å². The third-order valence-corrected chi connectivity index (χ3v) is 5.98. The Balaban J connectivity index is 1.43. The van der Waals surface area contributed by atoms with Crippen molar-refractivity contribution < 1.29 is 17.9 Å². The van der Waals surface area contributed by atoms with Crippen molar-refractivity contribution in [1.29, 1.82) is 0 Å². The molecule has 3 aromatic rings. The molecule has 1 atom stereocenters. The highest BCUT2D eigenvalue weighted by atomic mass is 32.2. The van der Waals surface area contributed by atoms with Crippen LogP contribution in [0.25, 0.3) is 11.1 Å². The molecule has 7 heteroatoms. The van der Waals surface area contributed by atoms with Gasteiger partial charge in [0.1, 0.15) is 5.75 Å². The molecule has 0 saturated heterocycles. The minimum absolute atomic E-state index is 0.00357. The Hall–Kier alpha value is -3.16. The maximum Gasteiger partial charge on any atom is 0.260 e. The van der Waals surface area contributed by atoms with Crippen LogP contribution in [0.2, 0.25) is 0 Å². The molecule has 3 rings (SSSR count). The highest BCUT2D eigenvalue weighted by Gasteiger charge is 2.16. The molecule has 1 amide bonds. The van der Waals surface area contributed by atoms with E-state index in [1.807, 2.05) is 84.9 Å². The van der Waals surface area contributed by atoms with Crippen molar-refractivity contribution in [2.24, 2.45) is 0 Å². The molecule has 6 nitrogen and oxygen atoms in total. The second-order valence-electron chi connectivity index (χ2n) is 7.07. The number of nitrogens with one attached hydrogen (secondary N) is 2. The molecule has 162 valence electrons. The van der Waals surface area contributed by atoms with Gasteiger partial charge in [-0.05, 0) is 35.7 Å². The lowest BCUT2D eigenvalue weighted by atomic mass is 10.1. The van der Waals surface area contributed by atoms with Gasteiger partial charge < -0.3 is 10.1 Å². The van der Waals surface area contributed by atoms with Crippen LogP contribution in [0.5, 0.6) is 5.75 Å². The van der Waals surface area contributed by atoms with E-state index >= 15 is 0 Å². The van der Waals surface area contributed by atoms with E-state index in [-0.39, 0.29) is 24.7 Å². The van der Waals surface area contributed by atoms with E-state index in [0.717, 1.165) is 16.7 Å². The lowest BCUT2D eigenvalue weighted by Crippen LogP contribution is -2.40. The summed E-state index contributed by atoms with van der Waals surface area (Å²) in [6, 6.07) is 26.7. The molecule has 0 aliphatic carbocycles. The number of ether oxygens (including phenoxy) is 1. The maximum atomic E-state index is 12.2. The van der Waals surface area contributed by atoms with E-state index in [1.54, 1.807) is 6.92 Å². The van der Waals surface area contributed by atoms with Crippen molar-refractivity contribution in [3.63, 3.8) is 0 Å². The number of rotatable bonds is 10. The Kier molecular flexibility index (Phi) is 7.81. The van der Waals surface area contributed by atoms with Gasteiger partial charge in [0.05, 0.1) is 5.75 Å². The van der Waals surface area contributed by atoms with Crippen LogP contribution in [0, 0.1) is 0 Å². The number of carbonyl (C=O) groups excluding carboxylic acids is 1. The first-order valence-corrected chi connectivity index (χ1v) is 11.7. The minimum Gasteiger partial charge on any atom is -0.481 e. The Morgan fingerprint density at radius 1 is 0.871 bits per heavy atom. The van der Waals surface area contributed by atoms with Gasteiger partial charge in [0.25, 0.3) is 5.91 Å². The zero-order valence-electron chi connectivity index (χ0n) is 17.3. The van der Waals surface area contributed by atoms with Crippen LogP contribution in [0.1, 0.15) is 12.5 Å². The Morgan fingerprint density at radius 3 is 2.10 bits per heavy atom. The second kappa shape index (κ2) is 10.7. The number of carbonyl (C=O) groups is 1. The first-order valence-electron chi connectivity index (χ1n) is 10.0. The fourth-order valence-corrected chi connectivity index (χ4v) is 3.83. The molecular weight excluding hydrogens is 412 g/mol. The van der Waals surface area contributed by atoms with Crippen molar-refractivity contribution in [1.82, 2.24) is 10.0 Å². The predicted molar refractivity (Wildman–Crippen MR) is 122 cm³/mol. The summed E-state index contributed by atoms with van der Waals surface area (Å²) in [5, 5.41) is 2.61. The SMILES string of the molecule is CC(Oc1ccc(-c2ccccc2)cc1)C(=O)NCCS(=O)(=O)NCc1ccccc1. The van der Waals surface area contributed by atoms with Crippen molar-refractivity contribution >= 4 is 15.9 Å². The third kappa shape index (κ3) is 7.24. The molecule has 2 N–H and O–H groups in total. The second-order valence-corrected chi connectivity index (χ2v) is 8.99. The number of hydrogen-bond donors (Lipinski definition) is 2. The average Bonchev–Trinajstić information content (AvgIpc) is 2.79. The highest BCUT2D eigenvalue weighted by Crippen LogP contribution is 2.22. The van der Waals surface area contributed by atoms with E-state index in [1.165, 1.54) is 0 Å². The quantitative estimate of drug-likeness (QED) is 0.508. The molecule has 0 radical (unpaired) electrons. The van der Waals surface area contributed by atoms with Gasteiger partial charge in [0, 0.05) is 13.1 Å². The molecule has 1 unspecified atom stereocenters. The summed E-state index contributed by atoms with van der Waals surface area (Å²) in [6.45, 7) is 1.85. The monoisotopic (exact) mass is 438 g/mol. The number of benzene rings is 3. The summed E-state index contributed by atoms with van der Waals surface area (Å²) in [5.74, 6) is -0.00534. The standard InChI is InChI=1S/C24H26N2O4S/c1-19(30-23-14-12-22(13-15-23)21-10-6-3-7-11-21)24(27)25-16-17-31(28,29)26-18-20-8-4-2-5-9-20/h2-15,19,26H,16-18H2,1H3,(H,25,27). The highest BCUT2D eigenvalue weighted by molar-refractivity contribution is 7.89. The normalized spacial score (nSPS) is 12.2. The molecule has 0 bridgehead atoms. The van der Waals surface area contributed by atoms with Crippen LogP contribution >= 0.6 is 0 Å². The average molecular weight is 439 g/mol. The summed E-state index contributed by atoms with van der Waals surface area (Å²) in [6.07, 6.45) is -0.748. The summed E-state index contributed by atoms with van der Waals surface area (Å²) in [7, 11) is -3.50. The maximum absolute atomic E-state index is 12.2. The van der Waals surface area contributed by atoms with Crippen molar-refractivity contribution in [2.45, 2.75) is 19.6 Å². The Labute approximate surface area is 183 Å². The Bertz CT molecular complexity index is 1070. The topological polar surface area (TPSA) is 84.5 Å². The van der Waals surface area contributed by atoms with Crippen LogP contribution in [0.4, 0.5) is 0 Å². The van der Waals surface area contributed by atoms with Gasteiger partial charge in [0.15, 0.2) is 6.10 Å². The zero-order valence-corrected chi connectivity index (χ0v) is 18.1. The lowest BCUT2D eigenvalue weighted by molar-refractivity contribution is -0.127. The summed E-state index contributed by atoms with van der Waals surface area (Å²) in [4.78, 5) is 12.2. The van der Waals surface area contributed by atoms with E-state index in [2.05, 4.69) is 10.0 Å². The molecule has 0 saturated carbocycles. The summed E-state index contributed by atoms with van der Waals surface area (Å²) < 4.78 is 32.4. The summed E-state index contributed by atoms with van der Waals surface area (Å²) in [5.41, 5.74) is 3.02. The smallest absolute Gasteiger partial charge is 0.260 e. The van der Waals surface area contributed by atoms with E-state index in [9.17, 15) is 13.2 Å². The molecule has 31 heavy (non-hydrogen) atoms. The molecule has 0 aliphatic rings. The molecule has 0 aliphatic heterocycles. The van der Waals surface area contributed by atoms with Gasteiger partial charge in [0.2, 0.25) is 10.0 Å². The first-order chi connectivity index (χ1) is 14.9. The van der Waals surface area contributed by atoms with E-state index < -0.39 is 16.1 Å². The number of hydrogen-bond acceptors (Lipinski definition) is 4. The van der Waals surface area contributed by atoms with Gasteiger partial charge in [-0.15, -0.1) is 0 Å². The van der Waals surface area contributed by atoms with Crippen LogP contribution in [0.15, 0.2) is 84.9 Å². The van der Waals surface area contributed by atoms with Crippen molar-refractivity contribution in [2.75, 3.05) is 12.3 Å². The molecule has 0 spiro atoms. The van der Waals surface area contributed by atoms with E-state index in [4.69, 9.17) is 4.74 Å². The number of amides is 1. The summed E-state index contributed by atoms with van der Waals surface area (Å²) >= 11 is 0. The lowest BCUT2D eigenvalue weighted by Gasteiger charge is -2.15. The fraction of sp³-hybridized carbons (Fsp3) is 0.208. The van der Waals surface area contributed by atoms with Crippen LogP contribution in [0.3, 0.4) is 0 Å². The third-order valence-electron chi connectivity index (χ3n) is 4.65. The van der Waals surface area contributed by atoms with Crippen LogP contribution in [-0.4, -0.2) is 32.7 Å². The predicted octanol–water partition coefficient (Wildman–Crippen LogP) is 3.36. The molecule has 0 heterocycles. The van der Waals surface area contributed by atoms with Crippen LogP contribution < -0.4 is 14.8 Å². The molecule has 0 fully saturated rings. The largest absolute Gasteiger partial charge is 0.481 e. The van der Waals surface area contributed by atoms with Gasteiger partial charge >= 0.3 is 0 Å². The van der Waals surface area contributed by atoms with E-state index in [0.29, 0.717) is 5.75 Å². The first kappa shape index (κ1) is 22.5. The molecule has 3 aromatic carbocycles. The van der Waals surface area contributed by atoms with Crippen molar-refractivity contribution in [3.05, 3.63) is 90.5 Å². The minimum atomic E-state index is -3.50. The van der Waals surface area contributed by atoms with Gasteiger partial charge in [-0.25, -0.2) is 13.1 Å². The van der Waals surface area contributed by atoms with Gasteiger partial charge in [-0.1, -0.05) is 72.8 Å². The number of sulfonamides is 1. The molecular formula is C24H26N2O4S. The van der Waals surface area contributed by atoms with Crippen molar-refractivity contribution in [3.8, 4) is 16.9 Å². The van der Waals surface area contributed by atoms with Gasteiger partial charge in [-0.2, -0.15) is 0 Å². The zero-order chi connectivity index (χ0) is 22.1.